The van der Waals surface area contributed by atoms with Gasteiger partial charge in [-0.05, 0) is 59.4 Å². The van der Waals surface area contributed by atoms with Crippen LogP contribution in [0.2, 0.25) is 0 Å². The number of hydrogen-bond acceptors (Lipinski definition) is 6. The van der Waals surface area contributed by atoms with Gasteiger partial charge in [-0.2, -0.15) is 0 Å². The number of benzene rings is 2. The van der Waals surface area contributed by atoms with Crippen molar-refractivity contribution in [3.63, 3.8) is 0 Å². The summed E-state index contributed by atoms with van der Waals surface area (Å²) in [5, 5.41) is 9.08. The van der Waals surface area contributed by atoms with E-state index in [4.69, 9.17) is 24.1 Å². The summed E-state index contributed by atoms with van der Waals surface area (Å²) in [7, 11) is 1.65. The first-order valence-corrected chi connectivity index (χ1v) is 9.36. The summed E-state index contributed by atoms with van der Waals surface area (Å²) in [5.41, 5.74) is 5.25. The molecule has 0 saturated carbocycles. The minimum atomic E-state index is -0.0167. The predicted molar refractivity (Wildman–Crippen MR) is 98.7 cm³/mol. The van der Waals surface area contributed by atoms with Crippen molar-refractivity contribution in [3.8, 4) is 23.0 Å². The van der Waals surface area contributed by atoms with Gasteiger partial charge in [-0.15, -0.1) is 0 Å². The monoisotopic (exact) mass is 369 g/mol. The molecular formula is C21H23NO5. The van der Waals surface area contributed by atoms with Crippen LogP contribution in [0.3, 0.4) is 0 Å². The van der Waals surface area contributed by atoms with E-state index in [0.29, 0.717) is 18.6 Å². The molecule has 0 aliphatic carbocycles. The summed E-state index contributed by atoms with van der Waals surface area (Å²) < 4.78 is 22.3. The molecule has 0 amide bonds. The van der Waals surface area contributed by atoms with Crippen LogP contribution >= 0.6 is 0 Å². The smallest absolute Gasteiger partial charge is 0.231 e. The van der Waals surface area contributed by atoms with Crippen molar-refractivity contribution in [1.29, 1.82) is 0 Å². The average molecular weight is 369 g/mol. The zero-order chi connectivity index (χ0) is 18.4. The lowest BCUT2D eigenvalue weighted by atomic mass is 9.83. The predicted octanol–water partition coefficient (Wildman–Crippen LogP) is 2.45. The van der Waals surface area contributed by atoms with Crippen LogP contribution in [0, 0.1) is 0 Å². The van der Waals surface area contributed by atoms with Crippen LogP contribution in [-0.4, -0.2) is 43.7 Å². The molecule has 0 radical (unpaired) electrons. The standard InChI is InChI=1S/C21H23NO5/c1-24-18-9-15-11-22-3-2-13-7-20-21(27-12-26-20)10-16(13)17(22)6-14(15)8-19(18)25-5-4-23/h7-10,17,23H,2-6,11-12H2,1H3/t17-/m0/s1. The van der Waals surface area contributed by atoms with Crippen LogP contribution in [-0.2, 0) is 19.4 Å². The molecule has 3 aliphatic rings. The van der Waals surface area contributed by atoms with Gasteiger partial charge in [0.25, 0.3) is 0 Å². The van der Waals surface area contributed by atoms with Crippen molar-refractivity contribution in [2.45, 2.75) is 25.4 Å². The van der Waals surface area contributed by atoms with E-state index < -0.39 is 0 Å². The van der Waals surface area contributed by atoms with Gasteiger partial charge in [0.15, 0.2) is 23.0 Å². The third-order valence-corrected chi connectivity index (χ3v) is 5.72. The molecule has 6 nitrogen and oxygen atoms in total. The van der Waals surface area contributed by atoms with Crippen molar-refractivity contribution in [3.05, 3.63) is 46.5 Å². The van der Waals surface area contributed by atoms with Gasteiger partial charge < -0.3 is 24.1 Å². The molecule has 27 heavy (non-hydrogen) atoms. The second-order valence-electron chi connectivity index (χ2n) is 7.19. The third kappa shape index (κ3) is 2.80. The first kappa shape index (κ1) is 16.7. The number of hydrogen-bond donors (Lipinski definition) is 1. The van der Waals surface area contributed by atoms with Gasteiger partial charge in [-0.25, -0.2) is 0 Å². The molecule has 142 valence electrons. The van der Waals surface area contributed by atoms with Crippen LogP contribution in [0.1, 0.15) is 28.3 Å². The molecular weight excluding hydrogens is 346 g/mol. The largest absolute Gasteiger partial charge is 0.493 e. The van der Waals surface area contributed by atoms with Gasteiger partial charge in [-0.1, -0.05) is 0 Å². The van der Waals surface area contributed by atoms with Crippen molar-refractivity contribution in [1.82, 2.24) is 4.90 Å². The molecule has 0 spiro atoms. The first-order chi connectivity index (χ1) is 13.3. The Balaban J connectivity index is 1.51. The van der Waals surface area contributed by atoms with E-state index in [-0.39, 0.29) is 13.2 Å². The van der Waals surface area contributed by atoms with Crippen LogP contribution in [0.4, 0.5) is 0 Å². The summed E-state index contributed by atoms with van der Waals surface area (Å²) in [6.45, 7) is 2.47. The van der Waals surface area contributed by atoms with Crippen LogP contribution < -0.4 is 18.9 Å². The minimum Gasteiger partial charge on any atom is -0.493 e. The molecule has 1 atom stereocenters. The SMILES string of the molecule is COc1cc2c(cc1OCCO)C[C@H]1c3cc4c(cc3CCN1C2)OCO4. The maximum atomic E-state index is 9.08. The minimum absolute atomic E-state index is 0.0167. The zero-order valence-corrected chi connectivity index (χ0v) is 15.4. The summed E-state index contributed by atoms with van der Waals surface area (Å²) in [5.74, 6) is 3.13. The van der Waals surface area contributed by atoms with Crippen LogP contribution in [0.5, 0.6) is 23.0 Å². The van der Waals surface area contributed by atoms with Gasteiger partial charge in [0, 0.05) is 19.1 Å². The molecule has 6 heteroatoms. The number of ether oxygens (including phenoxy) is 4. The maximum Gasteiger partial charge on any atom is 0.231 e. The van der Waals surface area contributed by atoms with Crippen molar-refractivity contribution in [2.75, 3.05) is 33.7 Å². The Bertz CT molecular complexity index is 881. The summed E-state index contributed by atoms with van der Waals surface area (Å²) in [4.78, 5) is 2.53. The Labute approximate surface area is 158 Å². The van der Waals surface area contributed by atoms with Crippen molar-refractivity contribution in [2.24, 2.45) is 0 Å². The topological polar surface area (TPSA) is 60.4 Å². The molecule has 2 aromatic carbocycles. The van der Waals surface area contributed by atoms with Crippen LogP contribution in [0.15, 0.2) is 24.3 Å². The molecule has 3 heterocycles. The van der Waals surface area contributed by atoms with Gasteiger partial charge in [-0.3, -0.25) is 4.90 Å². The highest BCUT2D eigenvalue weighted by molar-refractivity contribution is 5.53. The fourth-order valence-electron chi connectivity index (χ4n) is 4.41. The number of rotatable bonds is 4. The highest BCUT2D eigenvalue weighted by Crippen LogP contribution is 2.45. The Morgan fingerprint density at radius 1 is 1.07 bits per heavy atom. The van der Waals surface area contributed by atoms with E-state index in [2.05, 4.69) is 29.2 Å². The molecule has 0 unspecified atom stereocenters. The molecule has 0 fully saturated rings. The fourth-order valence-corrected chi connectivity index (χ4v) is 4.41. The number of methoxy groups -OCH3 is 1. The molecule has 0 bridgehead atoms. The second kappa shape index (κ2) is 6.62. The lowest BCUT2D eigenvalue weighted by molar-refractivity contribution is 0.159. The number of nitrogens with zero attached hydrogens (tertiary/aromatic N) is 1. The Kier molecular flexibility index (Phi) is 4.10. The zero-order valence-electron chi connectivity index (χ0n) is 15.4. The van der Waals surface area contributed by atoms with E-state index in [0.717, 1.165) is 43.2 Å². The molecule has 0 saturated heterocycles. The highest BCUT2D eigenvalue weighted by atomic mass is 16.7. The number of fused-ring (bicyclic) bond motifs is 5. The first-order valence-electron chi connectivity index (χ1n) is 9.36. The van der Waals surface area contributed by atoms with Gasteiger partial charge >= 0.3 is 0 Å². The van der Waals surface area contributed by atoms with Gasteiger partial charge in [0.1, 0.15) is 6.61 Å². The molecule has 2 aromatic rings. The van der Waals surface area contributed by atoms with E-state index in [1.165, 1.54) is 22.3 Å². The van der Waals surface area contributed by atoms with Gasteiger partial charge in [0.05, 0.1) is 13.7 Å². The Morgan fingerprint density at radius 2 is 1.89 bits per heavy atom. The second-order valence-corrected chi connectivity index (χ2v) is 7.19. The summed E-state index contributed by atoms with van der Waals surface area (Å²) in [6.07, 6.45) is 1.94. The maximum absolute atomic E-state index is 9.08. The van der Waals surface area contributed by atoms with Gasteiger partial charge in [0.2, 0.25) is 6.79 Å². The number of aliphatic hydroxyl groups is 1. The van der Waals surface area contributed by atoms with E-state index in [9.17, 15) is 0 Å². The van der Waals surface area contributed by atoms with E-state index in [1.54, 1.807) is 7.11 Å². The number of aliphatic hydroxyl groups excluding tert-OH is 1. The van der Waals surface area contributed by atoms with E-state index in [1.807, 2.05) is 0 Å². The normalized spacial score (nSPS) is 19.9. The van der Waals surface area contributed by atoms with Crippen LogP contribution in [0.25, 0.3) is 0 Å². The lowest BCUT2D eigenvalue weighted by Gasteiger charge is -2.41. The van der Waals surface area contributed by atoms with Crippen molar-refractivity contribution >= 4 is 0 Å². The molecule has 5 rings (SSSR count). The van der Waals surface area contributed by atoms with E-state index >= 15 is 0 Å². The lowest BCUT2D eigenvalue weighted by Crippen LogP contribution is -2.39. The summed E-state index contributed by atoms with van der Waals surface area (Å²) in [6, 6.07) is 8.78. The summed E-state index contributed by atoms with van der Waals surface area (Å²) >= 11 is 0. The fraction of sp³-hybridized carbons (Fsp3) is 0.429. The Morgan fingerprint density at radius 3 is 2.70 bits per heavy atom. The quantitative estimate of drug-likeness (QED) is 0.893. The third-order valence-electron chi connectivity index (χ3n) is 5.72. The highest BCUT2D eigenvalue weighted by Gasteiger charge is 2.34. The molecule has 0 aromatic heterocycles. The Hall–Kier alpha value is -2.44. The average Bonchev–Trinajstić information content (AvgIpc) is 3.16. The molecule has 1 N–H and O–H groups in total. The van der Waals surface area contributed by atoms with Crippen molar-refractivity contribution < 1.29 is 24.1 Å². The molecule has 3 aliphatic heterocycles.